The van der Waals surface area contributed by atoms with E-state index in [1.807, 2.05) is 6.92 Å². The van der Waals surface area contributed by atoms with Gasteiger partial charge in [-0.15, -0.1) is 0 Å². The monoisotopic (exact) mass is 182 g/mol. The fourth-order valence-corrected chi connectivity index (χ4v) is 1.74. The van der Waals surface area contributed by atoms with Gasteiger partial charge >= 0.3 is 0 Å². The Labute approximate surface area is 77.5 Å². The van der Waals surface area contributed by atoms with Crippen molar-refractivity contribution in [3.05, 3.63) is 0 Å². The zero-order valence-electron chi connectivity index (χ0n) is 8.00. The lowest BCUT2D eigenvalue weighted by Gasteiger charge is -2.22. The first-order chi connectivity index (χ1) is 6.06. The molecule has 0 bridgehead atoms. The number of rotatable bonds is 2. The van der Waals surface area contributed by atoms with Crippen LogP contribution >= 0.6 is 0 Å². The number of carbonyl (C=O) groups is 3. The lowest BCUT2D eigenvalue weighted by molar-refractivity contribution is -0.143. The van der Waals surface area contributed by atoms with Crippen molar-refractivity contribution in [3.8, 4) is 0 Å². The molecule has 1 rings (SSSR count). The van der Waals surface area contributed by atoms with E-state index < -0.39 is 5.92 Å². The van der Waals surface area contributed by atoms with Gasteiger partial charge in [-0.1, -0.05) is 13.8 Å². The molecule has 1 aliphatic carbocycles. The average molecular weight is 182 g/mol. The summed E-state index contributed by atoms with van der Waals surface area (Å²) in [6.45, 7) is 3.55. The maximum Gasteiger partial charge on any atom is 0.151 e. The fourth-order valence-electron chi connectivity index (χ4n) is 1.74. The Balaban J connectivity index is 2.79. The molecule has 0 spiro atoms. The van der Waals surface area contributed by atoms with E-state index in [1.165, 1.54) is 0 Å². The van der Waals surface area contributed by atoms with Crippen molar-refractivity contribution in [2.75, 3.05) is 0 Å². The van der Waals surface area contributed by atoms with Crippen molar-refractivity contribution < 1.29 is 14.4 Å². The highest BCUT2D eigenvalue weighted by Crippen LogP contribution is 2.23. The molecule has 0 N–H and O–H groups in total. The molecule has 0 radical (unpaired) electrons. The number of hydrogen-bond donors (Lipinski definition) is 0. The van der Waals surface area contributed by atoms with Gasteiger partial charge in [0.05, 0.1) is 0 Å². The topological polar surface area (TPSA) is 51.2 Å². The summed E-state index contributed by atoms with van der Waals surface area (Å²) in [6, 6.07) is 0. The molecule has 3 nitrogen and oxygen atoms in total. The van der Waals surface area contributed by atoms with Crippen LogP contribution in [-0.4, -0.2) is 17.3 Å². The van der Waals surface area contributed by atoms with E-state index in [-0.39, 0.29) is 29.7 Å². The van der Waals surface area contributed by atoms with Crippen molar-refractivity contribution in [3.63, 3.8) is 0 Å². The van der Waals surface area contributed by atoms with Gasteiger partial charge in [-0.05, 0) is 5.92 Å². The van der Waals surface area contributed by atoms with E-state index in [0.29, 0.717) is 12.8 Å². The molecular weight excluding hydrogens is 168 g/mol. The van der Waals surface area contributed by atoms with Gasteiger partial charge in [0.25, 0.3) is 0 Å². The summed E-state index contributed by atoms with van der Waals surface area (Å²) in [5, 5.41) is 0. The molecular formula is C10H14O3. The SMILES string of the molecule is CCC(=O)C1C(=O)CC(C)CC1=O. The second-order valence-electron chi connectivity index (χ2n) is 3.70. The fraction of sp³-hybridized carbons (Fsp3) is 0.700. The summed E-state index contributed by atoms with van der Waals surface area (Å²) in [7, 11) is 0. The van der Waals surface area contributed by atoms with Gasteiger partial charge in [0, 0.05) is 19.3 Å². The molecule has 0 aliphatic heterocycles. The second-order valence-corrected chi connectivity index (χ2v) is 3.70. The lowest BCUT2D eigenvalue weighted by atomic mass is 9.78. The van der Waals surface area contributed by atoms with Gasteiger partial charge in [0.2, 0.25) is 0 Å². The molecule has 13 heavy (non-hydrogen) atoms. The van der Waals surface area contributed by atoms with Crippen LogP contribution in [0.5, 0.6) is 0 Å². The Morgan fingerprint density at radius 3 is 2.15 bits per heavy atom. The molecule has 0 aromatic rings. The lowest BCUT2D eigenvalue weighted by Crippen LogP contribution is -2.37. The van der Waals surface area contributed by atoms with Crippen LogP contribution in [0.4, 0.5) is 0 Å². The van der Waals surface area contributed by atoms with Gasteiger partial charge in [0.1, 0.15) is 5.92 Å². The molecule has 0 atom stereocenters. The third kappa shape index (κ3) is 2.02. The van der Waals surface area contributed by atoms with Crippen LogP contribution in [0.2, 0.25) is 0 Å². The minimum absolute atomic E-state index is 0.112. The quantitative estimate of drug-likeness (QED) is 0.602. The first-order valence-electron chi connectivity index (χ1n) is 4.64. The van der Waals surface area contributed by atoms with E-state index in [0.717, 1.165) is 0 Å². The van der Waals surface area contributed by atoms with Gasteiger partial charge in [0.15, 0.2) is 17.3 Å². The Hall–Kier alpha value is -0.990. The predicted octanol–water partition coefficient (Wildman–Crippen LogP) is 1.15. The number of ketones is 3. The number of carbonyl (C=O) groups excluding carboxylic acids is 3. The minimum Gasteiger partial charge on any atom is -0.298 e. The standard InChI is InChI=1S/C10H14O3/c1-3-7(11)10-8(12)4-6(2)5-9(10)13/h6,10H,3-5H2,1-2H3. The molecule has 0 aromatic heterocycles. The summed E-state index contributed by atoms with van der Waals surface area (Å²) in [5.41, 5.74) is 0. The third-order valence-corrected chi connectivity index (χ3v) is 2.41. The van der Waals surface area contributed by atoms with Crippen LogP contribution in [0.1, 0.15) is 33.1 Å². The van der Waals surface area contributed by atoms with Crippen LogP contribution in [0.3, 0.4) is 0 Å². The van der Waals surface area contributed by atoms with Gasteiger partial charge in [-0.3, -0.25) is 14.4 Å². The first-order valence-corrected chi connectivity index (χ1v) is 4.64. The highest BCUT2D eigenvalue weighted by molar-refractivity contribution is 6.20. The predicted molar refractivity (Wildman–Crippen MR) is 47.2 cm³/mol. The van der Waals surface area contributed by atoms with E-state index in [2.05, 4.69) is 0 Å². The molecule has 1 aliphatic rings. The van der Waals surface area contributed by atoms with E-state index >= 15 is 0 Å². The van der Waals surface area contributed by atoms with Crippen LogP contribution in [-0.2, 0) is 14.4 Å². The van der Waals surface area contributed by atoms with Gasteiger partial charge < -0.3 is 0 Å². The molecule has 3 heteroatoms. The minimum atomic E-state index is -0.929. The zero-order valence-corrected chi connectivity index (χ0v) is 8.00. The molecule has 0 saturated heterocycles. The molecule has 72 valence electrons. The smallest absolute Gasteiger partial charge is 0.151 e. The summed E-state index contributed by atoms with van der Waals surface area (Å²) in [6.07, 6.45) is 1.03. The Morgan fingerprint density at radius 1 is 1.31 bits per heavy atom. The highest BCUT2D eigenvalue weighted by Gasteiger charge is 2.37. The molecule has 0 aromatic carbocycles. The molecule has 0 heterocycles. The Bertz CT molecular complexity index is 237. The molecule has 0 amide bonds. The first kappa shape index (κ1) is 10.1. The average Bonchev–Trinajstić information content (AvgIpc) is 2.02. The van der Waals surface area contributed by atoms with Crippen molar-refractivity contribution in [2.24, 2.45) is 11.8 Å². The summed E-state index contributed by atoms with van der Waals surface area (Å²) in [5.74, 6) is -1.41. The molecule has 1 fully saturated rings. The normalized spacial score (nSPS) is 29.1. The summed E-state index contributed by atoms with van der Waals surface area (Å²) >= 11 is 0. The van der Waals surface area contributed by atoms with Gasteiger partial charge in [-0.25, -0.2) is 0 Å². The van der Waals surface area contributed by atoms with Gasteiger partial charge in [-0.2, -0.15) is 0 Å². The van der Waals surface area contributed by atoms with Crippen molar-refractivity contribution >= 4 is 17.3 Å². The van der Waals surface area contributed by atoms with E-state index in [4.69, 9.17) is 0 Å². The third-order valence-electron chi connectivity index (χ3n) is 2.41. The maximum atomic E-state index is 11.4. The Morgan fingerprint density at radius 2 is 1.77 bits per heavy atom. The van der Waals surface area contributed by atoms with Crippen molar-refractivity contribution in [1.29, 1.82) is 0 Å². The summed E-state index contributed by atoms with van der Waals surface area (Å²) in [4.78, 5) is 34.0. The maximum absolute atomic E-state index is 11.4. The zero-order chi connectivity index (χ0) is 10.0. The van der Waals surface area contributed by atoms with Crippen molar-refractivity contribution in [1.82, 2.24) is 0 Å². The van der Waals surface area contributed by atoms with Crippen LogP contribution in [0, 0.1) is 11.8 Å². The van der Waals surface area contributed by atoms with E-state index in [1.54, 1.807) is 6.92 Å². The van der Waals surface area contributed by atoms with Crippen LogP contribution in [0.15, 0.2) is 0 Å². The molecule has 1 saturated carbocycles. The van der Waals surface area contributed by atoms with Crippen molar-refractivity contribution in [2.45, 2.75) is 33.1 Å². The number of Topliss-reactive ketones (excluding diaryl/α,β-unsaturated/α-hetero) is 3. The van der Waals surface area contributed by atoms with Crippen LogP contribution < -0.4 is 0 Å². The summed E-state index contributed by atoms with van der Waals surface area (Å²) < 4.78 is 0. The largest absolute Gasteiger partial charge is 0.298 e. The molecule has 0 unspecified atom stereocenters. The van der Waals surface area contributed by atoms with Crippen LogP contribution in [0.25, 0.3) is 0 Å². The van der Waals surface area contributed by atoms with E-state index in [9.17, 15) is 14.4 Å². The Kier molecular flexibility index (Phi) is 2.96. The highest BCUT2D eigenvalue weighted by atomic mass is 16.2. The second kappa shape index (κ2) is 3.81. The number of hydrogen-bond acceptors (Lipinski definition) is 3.